The maximum atomic E-state index is 12.9. The molecule has 0 unspecified atom stereocenters. The molecular formula is C9H6BrFS2. The summed E-state index contributed by atoms with van der Waals surface area (Å²) >= 11 is 8.88. The molecule has 0 aliphatic carbocycles. The van der Waals surface area contributed by atoms with Crippen LogP contribution in [0.15, 0.2) is 23.1 Å². The van der Waals surface area contributed by atoms with Gasteiger partial charge in [-0.15, -0.1) is 24.0 Å². The van der Waals surface area contributed by atoms with Crippen LogP contribution in [0, 0.1) is 5.13 Å². The average Bonchev–Trinajstić information content (AvgIpc) is 2.47. The van der Waals surface area contributed by atoms with Crippen molar-refractivity contribution in [1.82, 2.24) is 0 Å². The summed E-state index contributed by atoms with van der Waals surface area (Å²) in [5, 5.41) is 1.52. The Labute approximate surface area is 93.3 Å². The first-order chi connectivity index (χ1) is 6.22. The van der Waals surface area contributed by atoms with Gasteiger partial charge in [0.25, 0.3) is 0 Å². The van der Waals surface area contributed by atoms with Crippen LogP contribution in [0.25, 0.3) is 10.1 Å². The molecular weight excluding hydrogens is 271 g/mol. The van der Waals surface area contributed by atoms with Crippen LogP contribution in [0.3, 0.4) is 0 Å². The summed E-state index contributed by atoms with van der Waals surface area (Å²) in [5.41, 5.74) is 1.10. The van der Waals surface area contributed by atoms with Crippen molar-refractivity contribution in [1.29, 1.82) is 0 Å². The molecule has 1 heterocycles. The molecule has 2 aromatic rings. The number of hydrogen-bond acceptors (Lipinski definition) is 2. The molecule has 0 saturated carbocycles. The molecule has 0 atom stereocenters. The highest BCUT2D eigenvalue weighted by atomic mass is 79.9. The van der Waals surface area contributed by atoms with Crippen molar-refractivity contribution in [2.75, 3.05) is 0 Å². The number of fused-ring (bicyclic) bond motifs is 1. The Morgan fingerprint density at radius 3 is 2.92 bits per heavy atom. The number of hydrogen-bond donors (Lipinski definition) is 1. The summed E-state index contributed by atoms with van der Waals surface area (Å²) in [7, 11) is 0. The molecule has 0 radical (unpaired) electrons. The van der Waals surface area contributed by atoms with Crippen LogP contribution in [-0.2, 0) is 5.33 Å². The van der Waals surface area contributed by atoms with Crippen LogP contribution in [0.5, 0.6) is 0 Å². The topological polar surface area (TPSA) is 0 Å². The highest BCUT2D eigenvalue weighted by Crippen LogP contribution is 2.33. The highest BCUT2D eigenvalue weighted by molar-refractivity contribution is 9.08. The first-order valence-electron chi connectivity index (χ1n) is 3.68. The van der Waals surface area contributed by atoms with Gasteiger partial charge in [0.2, 0.25) is 0 Å². The molecule has 0 N–H and O–H groups in total. The first kappa shape index (κ1) is 9.49. The minimum atomic E-state index is -0.156. The SMILES string of the molecule is Fc1cc2ccc(CBr)c(S)c2s1. The van der Waals surface area contributed by atoms with Crippen LogP contribution in [-0.4, -0.2) is 0 Å². The van der Waals surface area contributed by atoms with Crippen molar-refractivity contribution < 1.29 is 4.39 Å². The second-order valence-electron chi connectivity index (χ2n) is 2.68. The standard InChI is InChI=1S/C9H6BrFS2/c10-4-6-2-1-5-3-7(11)13-9(5)8(6)12/h1-3,12H,4H2. The van der Waals surface area contributed by atoms with Gasteiger partial charge in [0.05, 0.1) is 4.70 Å². The Morgan fingerprint density at radius 1 is 1.46 bits per heavy atom. The number of thiophene rings is 1. The van der Waals surface area contributed by atoms with E-state index < -0.39 is 0 Å². The molecule has 13 heavy (non-hydrogen) atoms. The maximum Gasteiger partial charge on any atom is 0.177 e. The summed E-state index contributed by atoms with van der Waals surface area (Å²) in [6.45, 7) is 0. The van der Waals surface area contributed by atoms with E-state index in [1.165, 1.54) is 6.07 Å². The molecule has 68 valence electrons. The van der Waals surface area contributed by atoms with Gasteiger partial charge in [-0.3, -0.25) is 0 Å². The molecule has 0 amide bonds. The number of rotatable bonds is 1. The van der Waals surface area contributed by atoms with Crippen LogP contribution in [0.1, 0.15) is 5.56 Å². The molecule has 1 aromatic carbocycles. The zero-order chi connectivity index (χ0) is 9.42. The van der Waals surface area contributed by atoms with Gasteiger partial charge in [-0.25, -0.2) is 0 Å². The monoisotopic (exact) mass is 276 g/mol. The summed E-state index contributed by atoms with van der Waals surface area (Å²) in [4.78, 5) is 0.878. The summed E-state index contributed by atoms with van der Waals surface area (Å²) in [6, 6.07) is 5.43. The summed E-state index contributed by atoms with van der Waals surface area (Å²) in [5.74, 6) is 0. The number of benzene rings is 1. The fourth-order valence-corrected chi connectivity index (χ4v) is 3.16. The second-order valence-corrected chi connectivity index (χ2v) is 4.69. The van der Waals surface area contributed by atoms with Gasteiger partial charge in [0, 0.05) is 10.2 Å². The number of halogens is 2. The Kier molecular flexibility index (Phi) is 2.62. The largest absolute Gasteiger partial charge is 0.195 e. The molecule has 0 bridgehead atoms. The molecule has 2 rings (SSSR count). The molecule has 0 aliphatic rings. The first-order valence-corrected chi connectivity index (χ1v) is 6.06. The maximum absolute atomic E-state index is 12.9. The van der Waals surface area contributed by atoms with Crippen molar-refractivity contribution in [2.24, 2.45) is 0 Å². The van der Waals surface area contributed by atoms with Gasteiger partial charge < -0.3 is 0 Å². The molecule has 0 fully saturated rings. The molecule has 1 aromatic heterocycles. The zero-order valence-corrected chi connectivity index (χ0v) is 9.85. The predicted molar refractivity (Wildman–Crippen MR) is 61.7 cm³/mol. The zero-order valence-electron chi connectivity index (χ0n) is 6.55. The van der Waals surface area contributed by atoms with Crippen LogP contribution in [0.2, 0.25) is 0 Å². The smallest absolute Gasteiger partial charge is 0.177 e. The molecule has 0 saturated heterocycles. The molecule has 4 heteroatoms. The summed E-state index contributed by atoms with van der Waals surface area (Å²) in [6.07, 6.45) is 0. The van der Waals surface area contributed by atoms with Crippen molar-refractivity contribution in [3.05, 3.63) is 28.9 Å². The highest BCUT2D eigenvalue weighted by Gasteiger charge is 2.07. The Bertz CT molecular complexity index is 450. The third-order valence-corrected chi connectivity index (χ3v) is 4.08. The van der Waals surface area contributed by atoms with Gasteiger partial charge >= 0.3 is 0 Å². The normalized spacial score (nSPS) is 11.0. The second kappa shape index (κ2) is 3.59. The summed E-state index contributed by atoms with van der Waals surface area (Å²) < 4.78 is 13.8. The Balaban J connectivity index is 2.78. The fraction of sp³-hybridized carbons (Fsp3) is 0.111. The van der Waals surface area contributed by atoms with Crippen LogP contribution >= 0.6 is 39.9 Å². The van der Waals surface area contributed by atoms with Gasteiger partial charge in [-0.1, -0.05) is 28.1 Å². The lowest BCUT2D eigenvalue weighted by atomic mass is 10.2. The average molecular weight is 277 g/mol. The van der Waals surface area contributed by atoms with E-state index in [2.05, 4.69) is 28.6 Å². The lowest BCUT2D eigenvalue weighted by molar-refractivity contribution is 0.658. The van der Waals surface area contributed by atoms with Gasteiger partial charge in [-0.2, -0.15) is 4.39 Å². The van der Waals surface area contributed by atoms with E-state index in [1.807, 2.05) is 12.1 Å². The van der Waals surface area contributed by atoms with E-state index >= 15 is 0 Å². The quantitative estimate of drug-likeness (QED) is 0.585. The molecule has 0 nitrogen and oxygen atoms in total. The van der Waals surface area contributed by atoms with Crippen molar-refractivity contribution >= 4 is 50.0 Å². The van der Waals surface area contributed by atoms with Crippen LogP contribution in [0.4, 0.5) is 4.39 Å². The van der Waals surface area contributed by atoms with Crippen LogP contribution < -0.4 is 0 Å². The van der Waals surface area contributed by atoms with Crippen molar-refractivity contribution in [3.8, 4) is 0 Å². The van der Waals surface area contributed by atoms with Gasteiger partial charge in [0.1, 0.15) is 0 Å². The number of thiol groups is 1. The van der Waals surface area contributed by atoms with Crippen molar-refractivity contribution in [2.45, 2.75) is 10.2 Å². The van der Waals surface area contributed by atoms with Crippen molar-refractivity contribution in [3.63, 3.8) is 0 Å². The van der Waals surface area contributed by atoms with E-state index in [0.717, 1.165) is 37.2 Å². The lowest BCUT2D eigenvalue weighted by Crippen LogP contribution is -1.79. The third kappa shape index (κ3) is 1.63. The number of alkyl halides is 1. The van der Waals surface area contributed by atoms with Gasteiger partial charge in [0.15, 0.2) is 5.13 Å². The molecule has 0 aliphatic heterocycles. The van der Waals surface area contributed by atoms with E-state index in [9.17, 15) is 4.39 Å². The minimum Gasteiger partial charge on any atom is -0.195 e. The minimum absolute atomic E-state index is 0.156. The lowest BCUT2D eigenvalue weighted by Gasteiger charge is -2.00. The molecule has 0 spiro atoms. The predicted octanol–water partition coefficient (Wildman–Crippen LogP) is 4.22. The van der Waals surface area contributed by atoms with Gasteiger partial charge in [-0.05, 0) is 17.0 Å². The van der Waals surface area contributed by atoms with E-state index in [4.69, 9.17) is 0 Å². The third-order valence-electron chi connectivity index (χ3n) is 1.86. The Morgan fingerprint density at radius 2 is 2.23 bits per heavy atom. The van der Waals surface area contributed by atoms with E-state index in [1.54, 1.807) is 0 Å². The van der Waals surface area contributed by atoms with E-state index in [0.29, 0.717) is 0 Å². The van der Waals surface area contributed by atoms with E-state index in [-0.39, 0.29) is 5.13 Å². The Hall–Kier alpha value is -0.0600. The fourth-order valence-electron chi connectivity index (χ4n) is 1.21.